The van der Waals surface area contributed by atoms with Crippen LogP contribution in [0.2, 0.25) is 0 Å². The Bertz CT molecular complexity index is 1210. The highest BCUT2D eigenvalue weighted by Crippen LogP contribution is 2.53. The summed E-state index contributed by atoms with van der Waals surface area (Å²) in [6.45, 7) is 1.33. The van der Waals surface area contributed by atoms with Gasteiger partial charge in [-0.3, -0.25) is 19.5 Å². The minimum absolute atomic E-state index is 0.00135. The monoisotopic (exact) mass is 468 g/mol. The van der Waals surface area contributed by atoms with Crippen LogP contribution in [0.3, 0.4) is 0 Å². The minimum atomic E-state index is -6.26. The number of benzene rings is 2. The quantitative estimate of drug-likeness (QED) is 0.284. The molecule has 0 saturated heterocycles. The number of rotatable bonds is 4. The predicted octanol–water partition coefficient (Wildman–Crippen LogP) is 5.62. The van der Waals surface area contributed by atoms with Crippen molar-refractivity contribution < 1.29 is 35.7 Å². The van der Waals surface area contributed by atoms with Gasteiger partial charge in [0, 0.05) is 17.2 Å². The van der Waals surface area contributed by atoms with Crippen LogP contribution >= 0.6 is 11.3 Å². The van der Waals surface area contributed by atoms with E-state index in [1.54, 1.807) is 0 Å². The van der Waals surface area contributed by atoms with Crippen LogP contribution in [-0.4, -0.2) is 21.8 Å². The number of aryl methyl sites for hydroxylation is 1. The summed E-state index contributed by atoms with van der Waals surface area (Å²) >= 11 is 0.360. The molecule has 5 nitrogen and oxygen atoms in total. The van der Waals surface area contributed by atoms with Gasteiger partial charge in [0.25, 0.3) is 5.69 Å². The second-order valence-corrected chi connectivity index (χ2v) is 7.66. The summed E-state index contributed by atoms with van der Waals surface area (Å²) in [6, 6.07) is 5.53. The predicted molar refractivity (Wildman–Crippen MR) is 97.9 cm³/mol. The number of hydrogen-bond donors (Lipinski definition) is 0. The first-order valence-corrected chi connectivity index (χ1v) is 9.18. The summed E-state index contributed by atoms with van der Waals surface area (Å²) in [4.78, 5) is 21.9. The van der Waals surface area contributed by atoms with E-state index in [4.69, 9.17) is 0 Å². The second kappa shape index (κ2) is 7.32. The van der Waals surface area contributed by atoms with Gasteiger partial charge in [-0.1, -0.05) is 23.5 Å². The lowest BCUT2D eigenvalue weighted by molar-refractivity contribution is -0.385. The highest BCUT2D eigenvalue weighted by Gasteiger charge is 2.73. The maximum Gasteiger partial charge on any atom is 0.435 e. The number of fused-ring (bicyclic) bond motifs is 1. The summed E-state index contributed by atoms with van der Waals surface area (Å²) in [5.74, 6) is 0. The third-order valence-electron chi connectivity index (χ3n) is 4.65. The van der Waals surface area contributed by atoms with Gasteiger partial charge in [0.2, 0.25) is 0 Å². The molecule has 31 heavy (non-hydrogen) atoms. The zero-order valence-electron chi connectivity index (χ0n) is 15.3. The zero-order chi connectivity index (χ0) is 23.4. The average molecular weight is 468 g/mol. The van der Waals surface area contributed by atoms with Gasteiger partial charge in [-0.25, -0.2) is 4.39 Å². The topological polar surface area (TPSA) is 65.1 Å². The molecule has 0 radical (unpaired) electrons. The molecule has 0 unspecified atom stereocenters. The average Bonchev–Trinajstić information content (AvgIpc) is 2.93. The van der Waals surface area contributed by atoms with E-state index < -0.39 is 33.4 Å². The molecule has 0 fully saturated rings. The van der Waals surface area contributed by atoms with E-state index in [9.17, 15) is 45.6 Å². The maximum absolute atomic E-state index is 14.3. The number of hydrogen-bond acceptors (Lipinski definition) is 4. The van der Waals surface area contributed by atoms with Crippen LogP contribution in [0.25, 0.3) is 10.2 Å². The van der Waals surface area contributed by atoms with E-state index in [2.05, 4.69) is 0 Å². The van der Waals surface area contributed by atoms with Crippen LogP contribution in [0.4, 0.5) is 36.4 Å². The number of alkyl halides is 7. The molecular weight excluding hydrogens is 457 g/mol. The van der Waals surface area contributed by atoms with Crippen molar-refractivity contribution in [2.45, 2.75) is 31.5 Å². The fourth-order valence-electron chi connectivity index (χ4n) is 3.12. The molecule has 1 heterocycles. The first-order valence-electron chi connectivity index (χ1n) is 8.37. The Morgan fingerprint density at radius 3 is 2.13 bits per heavy atom. The Hall–Kier alpha value is -2.96. The molecule has 0 amide bonds. The molecule has 0 spiro atoms. The van der Waals surface area contributed by atoms with Crippen molar-refractivity contribution in [1.82, 2.24) is 4.57 Å². The highest BCUT2D eigenvalue weighted by atomic mass is 32.1. The van der Waals surface area contributed by atoms with E-state index >= 15 is 0 Å². The van der Waals surface area contributed by atoms with Crippen molar-refractivity contribution in [3.05, 3.63) is 72.9 Å². The van der Waals surface area contributed by atoms with Crippen LogP contribution in [0, 0.1) is 17.0 Å². The Morgan fingerprint density at radius 2 is 1.61 bits per heavy atom. The molecule has 0 aliphatic rings. The van der Waals surface area contributed by atoms with Crippen LogP contribution in [0.15, 0.2) is 41.2 Å². The Labute approximate surface area is 172 Å². The second-order valence-electron chi connectivity index (χ2n) is 6.67. The van der Waals surface area contributed by atoms with Crippen molar-refractivity contribution in [2.75, 3.05) is 0 Å². The minimum Gasteiger partial charge on any atom is -0.294 e. The lowest BCUT2D eigenvalue weighted by atomic mass is 9.94. The van der Waals surface area contributed by atoms with Gasteiger partial charge in [-0.05, 0) is 30.7 Å². The van der Waals surface area contributed by atoms with Crippen molar-refractivity contribution in [2.24, 2.45) is 0 Å². The maximum atomic E-state index is 14.3. The van der Waals surface area contributed by atoms with Crippen molar-refractivity contribution >= 4 is 27.2 Å². The number of nitrogens with zero attached hydrogens (tertiary/aromatic N) is 2. The lowest BCUT2D eigenvalue weighted by Crippen LogP contribution is -2.50. The molecule has 0 aliphatic heterocycles. The van der Waals surface area contributed by atoms with Crippen molar-refractivity contribution in [3.8, 4) is 0 Å². The molecule has 0 aliphatic carbocycles. The van der Waals surface area contributed by atoms with Crippen molar-refractivity contribution in [3.63, 3.8) is 0 Å². The molecule has 1 aromatic heterocycles. The Kier molecular flexibility index (Phi) is 5.37. The van der Waals surface area contributed by atoms with Gasteiger partial charge in [0.15, 0.2) is 0 Å². The number of thiazole rings is 1. The van der Waals surface area contributed by atoms with Crippen LogP contribution in [0.5, 0.6) is 0 Å². The normalized spacial score (nSPS) is 13.0. The van der Waals surface area contributed by atoms with Crippen molar-refractivity contribution in [1.29, 1.82) is 0 Å². The fourth-order valence-corrected chi connectivity index (χ4v) is 4.05. The SMILES string of the molecule is Cc1cc(Cn2c(=O)sc3cc(C(F)(C(F)(F)F)C(F)(F)F)ccc32)ccc1[N+](=O)[O-]. The molecule has 2 aromatic carbocycles. The molecular formula is C18H11F7N2O3S. The van der Waals surface area contributed by atoms with Crippen LogP contribution < -0.4 is 4.87 Å². The van der Waals surface area contributed by atoms with E-state index in [0.717, 1.165) is 10.6 Å². The van der Waals surface area contributed by atoms with Crippen LogP contribution in [0.1, 0.15) is 16.7 Å². The Balaban J connectivity index is 2.08. The Morgan fingerprint density at radius 1 is 1.00 bits per heavy atom. The molecule has 0 saturated carbocycles. The summed E-state index contributed by atoms with van der Waals surface area (Å²) in [7, 11) is 0. The zero-order valence-corrected chi connectivity index (χ0v) is 16.2. The van der Waals surface area contributed by atoms with E-state index in [0.29, 0.717) is 34.6 Å². The fraction of sp³-hybridized carbons (Fsp3) is 0.278. The summed E-state index contributed by atoms with van der Waals surface area (Å²) in [6.07, 6.45) is -12.5. The summed E-state index contributed by atoms with van der Waals surface area (Å²) in [5, 5.41) is 10.9. The van der Waals surface area contributed by atoms with Gasteiger partial charge < -0.3 is 0 Å². The molecule has 0 bridgehead atoms. The van der Waals surface area contributed by atoms with E-state index in [1.807, 2.05) is 0 Å². The smallest absolute Gasteiger partial charge is 0.294 e. The largest absolute Gasteiger partial charge is 0.435 e. The standard InChI is InChI=1S/C18H11F7N2O3S/c1-9-6-10(2-4-12(9)27(29)30)8-26-13-5-3-11(7-14(13)31-15(26)28)16(19,17(20,21)22)18(23,24)25/h2-7H,8H2,1H3. The molecule has 166 valence electrons. The van der Waals surface area contributed by atoms with Gasteiger partial charge in [-0.2, -0.15) is 26.3 Å². The van der Waals surface area contributed by atoms with Gasteiger partial charge in [-0.15, -0.1) is 0 Å². The van der Waals surface area contributed by atoms with Gasteiger partial charge in [0.05, 0.1) is 21.7 Å². The molecule has 3 aromatic rings. The first kappa shape index (κ1) is 22.7. The number of aromatic nitrogens is 1. The number of nitro groups is 1. The number of nitro benzene ring substituents is 1. The van der Waals surface area contributed by atoms with E-state index in [1.165, 1.54) is 25.1 Å². The molecule has 13 heteroatoms. The van der Waals surface area contributed by atoms with Gasteiger partial charge in [0.1, 0.15) is 0 Å². The van der Waals surface area contributed by atoms with Crippen LogP contribution in [-0.2, 0) is 12.2 Å². The molecule has 0 N–H and O–H groups in total. The number of halogens is 7. The third kappa shape index (κ3) is 3.77. The third-order valence-corrected chi connectivity index (χ3v) is 5.59. The first-order chi connectivity index (χ1) is 14.2. The molecule has 3 rings (SSSR count). The molecule has 0 atom stereocenters. The summed E-state index contributed by atoms with van der Waals surface area (Å²) < 4.78 is 93.0. The van der Waals surface area contributed by atoms with Gasteiger partial charge >= 0.3 is 22.9 Å². The van der Waals surface area contributed by atoms with E-state index in [-0.39, 0.29) is 22.4 Å². The highest BCUT2D eigenvalue weighted by molar-refractivity contribution is 7.16. The summed E-state index contributed by atoms with van der Waals surface area (Å²) in [5.41, 5.74) is -6.69. The lowest BCUT2D eigenvalue weighted by Gasteiger charge is -2.30.